The van der Waals surface area contributed by atoms with Crippen LogP contribution in [0.15, 0.2) is 23.3 Å². The zero-order valence-corrected chi connectivity index (χ0v) is 18.6. The molecule has 8 nitrogen and oxygen atoms in total. The molecule has 0 saturated carbocycles. The minimum atomic E-state index is -1.02. The number of rotatable bonds is 8. The van der Waals surface area contributed by atoms with E-state index in [9.17, 15) is 29.4 Å². The third-order valence-corrected chi connectivity index (χ3v) is 5.95. The number of allylic oxidation sites excluding steroid dienone is 4. The molecule has 2 aliphatic rings. The van der Waals surface area contributed by atoms with Crippen LogP contribution in [-0.2, 0) is 28.7 Å². The van der Waals surface area contributed by atoms with E-state index in [1.807, 2.05) is 26.0 Å². The van der Waals surface area contributed by atoms with Crippen LogP contribution in [0.5, 0.6) is 0 Å². The highest BCUT2D eigenvalue weighted by Crippen LogP contribution is 2.33. The van der Waals surface area contributed by atoms with Gasteiger partial charge >= 0.3 is 23.9 Å². The SMILES string of the molecule is CC1=CCC(C(=O)O)C(C(=O)OCC(C)(C)COC(=O)C2CC(C)=CCC2C(=O)O)C1. The molecule has 0 aromatic rings. The first-order chi connectivity index (χ1) is 14.4. The molecule has 31 heavy (non-hydrogen) atoms. The fourth-order valence-corrected chi connectivity index (χ4v) is 3.96. The predicted octanol–water partition coefficient (Wildman–Crippen LogP) is 3.21. The van der Waals surface area contributed by atoms with Crippen molar-refractivity contribution in [1.82, 2.24) is 0 Å². The molecule has 0 aromatic carbocycles. The van der Waals surface area contributed by atoms with Crippen LogP contribution < -0.4 is 0 Å². The average Bonchev–Trinajstić information content (AvgIpc) is 2.69. The van der Waals surface area contributed by atoms with Crippen molar-refractivity contribution in [3.8, 4) is 0 Å². The third-order valence-electron chi connectivity index (χ3n) is 5.95. The Morgan fingerprint density at radius 1 is 0.806 bits per heavy atom. The van der Waals surface area contributed by atoms with Crippen molar-refractivity contribution in [3.63, 3.8) is 0 Å². The number of esters is 2. The second kappa shape index (κ2) is 10.1. The van der Waals surface area contributed by atoms with Crippen molar-refractivity contribution in [3.05, 3.63) is 23.3 Å². The van der Waals surface area contributed by atoms with Gasteiger partial charge in [0.1, 0.15) is 0 Å². The van der Waals surface area contributed by atoms with Crippen molar-refractivity contribution in [2.75, 3.05) is 13.2 Å². The number of carboxylic acids is 2. The monoisotopic (exact) mass is 436 g/mol. The van der Waals surface area contributed by atoms with Crippen molar-refractivity contribution in [2.45, 2.75) is 53.4 Å². The zero-order valence-electron chi connectivity index (χ0n) is 18.6. The molecule has 0 fully saturated rings. The average molecular weight is 437 g/mol. The highest BCUT2D eigenvalue weighted by Gasteiger charge is 2.39. The van der Waals surface area contributed by atoms with E-state index in [0.29, 0.717) is 25.7 Å². The van der Waals surface area contributed by atoms with E-state index in [-0.39, 0.29) is 13.2 Å². The van der Waals surface area contributed by atoms with E-state index in [4.69, 9.17) is 9.47 Å². The molecule has 0 saturated heterocycles. The van der Waals surface area contributed by atoms with Gasteiger partial charge in [0.15, 0.2) is 0 Å². The Bertz CT molecular complexity index is 727. The first kappa shape index (κ1) is 24.6. The standard InChI is InChI=1S/C23H32O8/c1-13-5-7-15(19(24)25)17(9-13)21(28)30-11-23(3,4)12-31-22(29)18-10-14(2)6-8-16(18)20(26)27/h5-6,15-18H,7-12H2,1-4H3,(H,24,25)(H,26,27). The first-order valence-electron chi connectivity index (χ1n) is 10.5. The van der Waals surface area contributed by atoms with Gasteiger partial charge in [0.2, 0.25) is 0 Å². The summed E-state index contributed by atoms with van der Waals surface area (Å²) in [6.07, 6.45) is 4.94. The summed E-state index contributed by atoms with van der Waals surface area (Å²) in [5, 5.41) is 18.8. The van der Waals surface area contributed by atoms with E-state index in [1.165, 1.54) is 0 Å². The Balaban J connectivity index is 1.91. The van der Waals surface area contributed by atoms with Crippen LogP contribution >= 0.6 is 0 Å². The topological polar surface area (TPSA) is 127 Å². The zero-order chi connectivity index (χ0) is 23.3. The van der Waals surface area contributed by atoms with Gasteiger partial charge in [-0.15, -0.1) is 0 Å². The summed E-state index contributed by atoms with van der Waals surface area (Å²) in [6.45, 7) is 7.14. The van der Waals surface area contributed by atoms with Crippen LogP contribution in [0.2, 0.25) is 0 Å². The maximum Gasteiger partial charge on any atom is 0.310 e. The summed E-state index contributed by atoms with van der Waals surface area (Å²) in [4.78, 5) is 48.0. The molecule has 4 atom stereocenters. The van der Waals surface area contributed by atoms with Gasteiger partial charge in [0.05, 0.1) is 36.9 Å². The molecule has 2 rings (SSSR count). The lowest BCUT2D eigenvalue weighted by Crippen LogP contribution is -2.37. The fraction of sp³-hybridized carbons (Fsp3) is 0.652. The number of aliphatic carboxylic acids is 2. The Kier molecular flexibility index (Phi) is 8.03. The molecule has 2 N–H and O–H groups in total. The molecule has 0 aliphatic heterocycles. The summed E-state index contributed by atoms with van der Waals surface area (Å²) in [7, 11) is 0. The van der Waals surface area contributed by atoms with Gasteiger partial charge in [0, 0.05) is 5.41 Å². The van der Waals surface area contributed by atoms with Crippen LogP contribution in [0.3, 0.4) is 0 Å². The summed E-state index contributed by atoms with van der Waals surface area (Å²) in [5.74, 6) is -6.30. The Morgan fingerprint density at radius 3 is 1.48 bits per heavy atom. The maximum absolute atomic E-state index is 12.6. The van der Waals surface area contributed by atoms with Gasteiger partial charge in [-0.3, -0.25) is 19.2 Å². The number of carbonyl (C=O) groups excluding carboxylic acids is 2. The van der Waals surface area contributed by atoms with E-state index in [1.54, 1.807) is 13.8 Å². The van der Waals surface area contributed by atoms with Crippen LogP contribution in [-0.4, -0.2) is 47.3 Å². The lowest BCUT2D eigenvalue weighted by atomic mass is 9.80. The van der Waals surface area contributed by atoms with Gasteiger partial charge in [-0.1, -0.05) is 37.1 Å². The van der Waals surface area contributed by atoms with Gasteiger partial charge in [-0.25, -0.2) is 0 Å². The normalized spacial score (nSPS) is 26.3. The van der Waals surface area contributed by atoms with Crippen LogP contribution in [0.25, 0.3) is 0 Å². The molecule has 0 amide bonds. The van der Waals surface area contributed by atoms with E-state index in [2.05, 4.69) is 0 Å². The molecule has 4 unspecified atom stereocenters. The van der Waals surface area contributed by atoms with E-state index < -0.39 is 53.0 Å². The molecular formula is C23H32O8. The van der Waals surface area contributed by atoms with Crippen LogP contribution in [0.1, 0.15) is 53.4 Å². The van der Waals surface area contributed by atoms with Crippen LogP contribution in [0.4, 0.5) is 0 Å². The molecule has 0 bridgehead atoms. The molecule has 0 spiro atoms. The molecular weight excluding hydrogens is 404 g/mol. The number of carboxylic acid groups (broad SMARTS) is 2. The minimum absolute atomic E-state index is 0.0450. The van der Waals surface area contributed by atoms with Gasteiger partial charge in [0.25, 0.3) is 0 Å². The molecule has 0 heterocycles. The minimum Gasteiger partial charge on any atom is -0.481 e. The number of carbonyl (C=O) groups is 4. The Labute approximate surface area is 182 Å². The summed E-state index contributed by atoms with van der Waals surface area (Å²) in [5.41, 5.74) is 1.21. The molecule has 0 aromatic heterocycles. The fourth-order valence-electron chi connectivity index (χ4n) is 3.96. The summed E-state index contributed by atoms with van der Waals surface area (Å²) < 4.78 is 10.8. The Morgan fingerprint density at radius 2 is 1.16 bits per heavy atom. The highest BCUT2D eigenvalue weighted by molar-refractivity contribution is 5.82. The quantitative estimate of drug-likeness (QED) is 0.439. The second-order valence-electron chi connectivity index (χ2n) is 9.46. The van der Waals surface area contributed by atoms with Crippen LogP contribution in [0, 0.1) is 29.1 Å². The molecule has 172 valence electrons. The smallest absolute Gasteiger partial charge is 0.310 e. The van der Waals surface area contributed by atoms with Crippen molar-refractivity contribution in [2.24, 2.45) is 29.1 Å². The van der Waals surface area contributed by atoms with Gasteiger partial charge in [-0.2, -0.15) is 0 Å². The first-order valence-corrected chi connectivity index (χ1v) is 10.5. The number of hydrogen-bond donors (Lipinski definition) is 2. The van der Waals surface area contributed by atoms with Crippen molar-refractivity contribution >= 4 is 23.9 Å². The lowest BCUT2D eigenvalue weighted by Gasteiger charge is -2.30. The second-order valence-corrected chi connectivity index (χ2v) is 9.46. The molecule has 0 radical (unpaired) electrons. The van der Waals surface area contributed by atoms with E-state index >= 15 is 0 Å². The summed E-state index contributed by atoms with van der Waals surface area (Å²) in [6, 6.07) is 0. The third kappa shape index (κ3) is 6.67. The number of hydrogen-bond acceptors (Lipinski definition) is 6. The predicted molar refractivity (Wildman–Crippen MR) is 111 cm³/mol. The van der Waals surface area contributed by atoms with Crippen molar-refractivity contribution < 1.29 is 38.9 Å². The summed E-state index contributed by atoms with van der Waals surface area (Å²) >= 11 is 0. The van der Waals surface area contributed by atoms with Crippen molar-refractivity contribution in [1.29, 1.82) is 0 Å². The highest BCUT2D eigenvalue weighted by atomic mass is 16.5. The number of ether oxygens (including phenoxy) is 2. The lowest BCUT2D eigenvalue weighted by molar-refractivity contribution is -0.165. The molecule has 8 heteroatoms. The van der Waals surface area contributed by atoms with Gasteiger partial charge in [-0.05, 0) is 39.5 Å². The van der Waals surface area contributed by atoms with Gasteiger partial charge < -0.3 is 19.7 Å². The molecule has 2 aliphatic carbocycles. The largest absolute Gasteiger partial charge is 0.481 e. The Hall–Kier alpha value is -2.64. The van der Waals surface area contributed by atoms with E-state index in [0.717, 1.165) is 11.1 Å². The maximum atomic E-state index is 12.6.